The predicted molar refractivity (Wildman–Crippen MR) is 54.0 cm³/mol. The molecule has 1 aromatic carbocycles. The second-order valence-electron chi connectivity index (χ2n) is 3.23. The van der Waals surface area contributed by atoms with E-state index in [4.69, 9.17) is 4.42 Å². The van der Waals surface area contributed by atoms with Gasteiger partial charge in [0.25, 0.3) is 0 Å². The average Bonchev–Trinajstić information content (AvgIpc) is 2.54. The molecule has 0 saturated heterocycles. The number of carbonyl (C=O) groups is 1. The predicted octanol–water partition coefficient (Wildman–Crippen LogP) is 2.23. The minimum atomic E-state index is -0.511. The molecule has 2 aromatic rings. The Hall–Kier alpha value is -1.97. The first-order chi connectivity index (χ1) is 7.13. The van der Waals surface area contributed by atoms with Crippen molar-refractivity contribution in [3.05, 3.63) is 29.5 Å². The second-order valence-corrected chi connectivity index (χ2v) is 3.23. The van der Waals surface area contributed by atoms with Gasteiger partial charge in [0.2, 0.25) is 5.76 Å². The first-order valence-electron chi connectivity index (χ1n) is 4.44. The molecule has 0 amide bonds. The molecule has 0 fully saturated rings. The summed E-state index contributed by atoms with van der Waals surface area (Å²) < 4.78 is 9.88. The van der Waals surface area contributed by atoms with E-state index in [-0.39, 0.29) is 11.5 Å². The number of fused-ring (bicyclic) bond motifs is 1. The normalized spacial score (nSPS) is 10.5. The first-order valence-corrected chi connectivity index (χ1v) is 4.44. The average molecular weight is 206 g/mol. The van der Waals surface area contributed by atoms with Crippen molar-refractivity contribution >= 4 is 16.9 Å². The van der Waals surface area contributed by atoms with Crippen molar-refractivity contribution in [2.45, 2.75) is 6.92 Å². The topological polar surface area (TPSA) is 59.7 Å². The number of furan rings is 1. The van der Waals surface area contributed by atoms with Gasteiger partial charge in [-0.1, -0.05) is 0 Å². The number of hydrogen-bond donors (Lipinski definition) is 1. The van der Waals surface area contributed by atoms with Gasteiger partial charge < -0.3 is 14.3 Å². The third-order valence-corrected chi connectivity index (χ3v) is 2.29. The number of phenols is 1. The van der Waals surface area contributed by atoms with Crippen LogP contribution in [0.5, 0.6) is 5.75 Å². The number of ether oxygens (including phenoxy) is 1. The fourth-order valence-corrected chi connectivity index (χ4v) is 1.50. The lowest BCUT2D eigenvalue weighted by Crippen LogP contribution is -2.00. The van der Waals surface area contributed by atoms with Gasteiger partial charge in [0.05, 0.1) is 7.11 Å². The zero-order chi connectivity index (χ0) is 11.0. The molecule has 4 nitrogen and oxygen atoms in total. The molecule has 0 aliphatic heterocycles. The Morgan fingerprint density at radius 1 is 1.47 bits per heavy atom. The van der Waals surface area contributed by atoms with Gasteiger partial charge in [-0.15, -0.1) is 0 Å². The lowest BCUT2D eigenvalue weighted by Gasteiger charge is -1.93. The molecule has 1 aromatic heterocycles. The molecular formula is C11H10O4. The van der Waals surface area contributed by atoms with E-state index in [0.717, 1.165) is 10.9 Å². The van der Waals surface area contributed by atoms with Gasteiger partial charge in [0.1, 0.15) is 11.3 Å². The van der Waals surface area contributed by atoms with E-state index in [1.165, 1.54) is 13.2 Å². The van der Waals surface area contributed by atoms with E-state index in [1.54, 1.807) is 19.1 Å². The summed E-state index contributed by atoms with van der Waals surface area (Å²) in [6.45, 7) is 1.77. The third-order valence-electron chi connectivity index (χ3n) is 2.29. The highest BCUT2D eigenvalue weighted by Gasteiger charge is 2.17. The van der Waals surface area contributed by atoms with Crippen molar-refractivity contribution in [3.63, 3.8) is 0 Å². The third kappa shape index (κ3) is 1.44. The number of phenolic OH excluding ortho intramolecular Hbond substituents is 1. The summed E-state index contributed by atoms with van der Waals surface area (Å²) >= 11 is 0. The van der Waals surface area contributed by atoms with Crippen LogP contribution in [0, 0.1) is 6.92 Å². The summed E-state index contributed by atoms with van der Waals surface area (Å²) in [5, 5.41) is 10.0. The van der Waals surface area contributed by atoms with E-state index in [9.17, 15) is 9.90 Å². The molecule has 0 unspecified atom stereocenters. The number of benzene rings is 1. The van der Waals surface area contributed by atoms with Crippen LogP contribution in [0.1, 0.15) is 16.1 Å². The number of aryl methyl sites for hydroxylation is 1. The van der Waals surface area contributed by atoms with Gasteiger partial charge in [0.15, 0.2) is 0 Å². The van der Waals surface area contributed by atoms with Crippen LogP contribution >= 0.6 is 0 Å². The zero-order valence-electron chi connectivity index (χ0n) is 8.40. The highest BCUT2D eigenvalue weighted by Crippen LogP contribution is 2.28. The minimum absolute atomic E-state index is 0.104. The van der Waals surface area contributed by atoms with Crippen LogP contribution in [0.4, 0.5) is 0 Å². The van der Waals surface area contributed by atoms with Crippen LogP contribution in [0.15, 0.2) is 22.6 Å². The zero-order valence-corrected chi connectivity index (χ0v) is 8.40. The van der Waals surface area contributed by atoms with Crippen LogP contribution in [-0.2, 0) is 4.74 Å². The van der Waals surface area contributed by atoms with E-state index in [1.807, 2.05) is 0 Å². The lowest BCUT2D eigenvalue weighted by atomic mass is 10.1. The first kappa shape index (κ1) is 9.58. The van der Waals surface area contributed by atoms with Crippen molar-refractivity contribution in [1.29, 1.82) is 0 Å². The summed E-state index contributed by atoms with van der Waals surface area (Å²) in [7, 11) is 1.30. The molecule has 0 radical (unpaired) electrons. The Morgan fingerprint density at radius 3 is 2.87 bits per heavy atom. The van der Waals surface area contributed by atoms with Crippen LogP contribution in [0.25, 0.3) is 11.0 Å². The van der Waals surface area contributed by atoms with Crippen molar-refractivity contribution in [3.8, 4) is 5.75 Å². The number of methoxy groups -OCH3 is 1. The van der Waals surface area contributed by atoms with Crippen molar-refractivity contribution < 1.29 is 19.1 Å². The molecular weight excluding hydrogens is 196 g/mol. The largest absolute Gasteiger partial charge is 0.508 e. The maximum Gasteiger partial charge on any atom is 0.374 e. The number of aromatic hydroxyl groups is 1. The van der Waals surface area contributed by atoms with E-state index in [0.29, 0.717) is 5.58 Å². The van der Waals surface area contributed by atoms with Gasteiger partial charge in [-0.3, -0.25) is 0 Å². The van der Waals surface area contributed by atoms with Gasteiger partial charge in [-0.2, -0.15) is 0 Å². The van der Waals surface area contributed by atoms with Crippen LogP contribution in [-0.4, -0.2) is 18.2 Å². The van der Waals surface area contributed by atoms with Gasteiger partial charge in [0, 0.05) is 17.0 Å². The summed E-state index contributed by atoms with van der Waals surface area (Å²) in [6.07, 6.45) is 0. The van der Waals surface area contributed by atoms with Crippen molar-refractivity contribution in [2.24, 2.45) is 0 Å². The molecule has 0 bridgehead atoms. The monoisotopic (exact) mass is 206 g/mol. The number of esters is 1. The summed E-state index contributed by atoms with van der Waals surface area (Å²) in [6, 6.07) is 4.72. The maximum atomic E-state index is 11.3. The molecule has 0 saturated carbocycles. The van der Waals surface area contributed by atoms with E-state index in [2.05, 4.69) is 4.74 Å². The van der Waals surface area contributed by atoms with Crippen LogP contribution in [0.2, 0.25) is 0 Å². The van der Waals surface area contributed by atoms with Crippen molar-refractivity contribution in [1.82, 2.24) is 0 Å². The number of hydrogen-bond acceptors (Lipinski definition) is 4. The maximum absolute atomic E-state index is 11.3. The Labute approximate surface area is 86.1 Å². The highest BCUT2D eigenvalue weighted by atomic mass is 16.5. The van der Waals surface area contributed by atoms with Crippen molar-refractivity contribution in [2.75, 3.05) is 7.11 Å². The minimum Gasteiger partial charge on any atom is -0.508 e. The standard InChI is InChI=1S/C11H10O4/c1-6-8-4-3-7(12)5-9(8)15-10(6)11(13)14-2/h3-5,12H,1-2H3. The van der Waals surface area contributed by atoms with Gasteiger partial charge in [-0.25, -0.2) is 4.79 Å². The molecule has 0 aliphatic rings. The molecule has 0 spiro atoms. The number of rotatable bonds is 1. The molecule has 78 valence electrons. The molecule has 0 atom stereocenters. The quantitative estimate of drug-likeness (QED) is 0.727. The SMILES string of the molecule is COC(=O)c1oc2cc(O)ccc2c1C. The fraction of sp³-hybridized carbons (Fsp3) is 0.182. The van der Waals surface area contributed by atoms with Crippen LogP contribution in [0.3, 0.4) is 0 Å². The van der Waals surface area contributed by atoms with Crippen LogP contribution < -0.4 is 0 Å². The van der Waals surface area contributed by atoms with Gasteiger partial charge in [-0.05, 0) is 19.1 Å². The molecule has 1 heterocycles. The Morgan fingerprint density at radius 2 is 2.20 bits per heavy atom. The molecule has 1 N–H and O–H groups in total. The molecule has 0 aliphatic carbocycles. The Kier molecular flexibility index (Phi) is 2.11. The summed E-state index contributed by atoms with van der Waals surface area (Å²) in [4.78, 5) is 11.3. The Balaban J connectivity index is 2.69. The Bertz CT molecular complexity index is 525. The highest BCUT2D eigenvalue weighted by molar-refractivity contribution is 5.96. The second kappa shape index (κ2) is 3.31. The molecule has 15 heavy (non-hydrogen) atoms. The van der Waals surface area contributed by atoms with Gasteiger partial charge >= 0.3 is 5.97 Å². The smallest absolute Gasteiger partial charge is 0.374 e. The fourth-order valence-electron chi connectivity index (χ4n) is 1.50. The van der Waals surface area contributed by atoms with E-state index < -0.39 is 5.97 Å². The summed E-state index contributed by atoms with van der Waals surface area (Å²) in [5.41, 5.74) is 1.20. The lowest BCUT2D eigenvalue weighted by molar-refractivity contribution is 0.0566. The number of carbonyl (C=O) groups excluding carboxylic acids is 1. The molecule has 2 rings (SSSR count). The molecule has 4 heteroatoms. The van der Waals surface area contributed by atoms with E-state index >= 15 is 0 Å². The summed E-state index contributed by atoms with van der Waals surface area (Å²) in [5.74, 6) is -0.228.